The molecule has 1 rings (SSSR count). The lowest BCUT2D eigenvalue weighted by atomic mass is 10.2. The van der Waals surface area contributed by atoms with Crippen molar-refractivity contribution in [3.63, 3.8) is 0 Å². The van der Waals surface area contributed by atoms with Crippen LogP contribution in [0.15, 0.2) is 18.6 Å². The predicted molar refractivity (Wildman–Crippen MR) is 70.9 cm³/mol. The molecule has 1 aromatic rings. The van der Waals surface area contributed by atoms with Gasteiger partial charge in [-0.25, -0.2) is 4.21 Å². The number of carbonyl (C=O) groups is 1. The van der Waals surface area contributed by atoms with Crippen LogP contribution in [0.3, 0.4) is 0 Å². The van der Waals surface area contributed by atoms with Gasteiger partial charge in [-0.1, -0.05) is 0 Å². The summed E-state index contributed by atoms with van der Waals surface area (Å²) in [5, 5.41) is 0. The molecule has 0 radical (unpaired) electrons. The van der Waals surface area contributed by atoms with Crippen LogP contribution in [0.2, 0.25) is 0 Å². The van der Waals surface area contributed by atoms with Gasteiger partial charge in [0.2, 0.25) is 0 Å². The van der Waals surface area contributed by atoms with Crippen molar-refractivity contribution in [2.45, 2.75) is 18.9 Å². The summed E-state index contributed by atoms with van der Waals surface area (Å²) < 4.78 is 24.2. The number of esters is 1. The van der Waals surface area contributed by atoms with E-state index in [0.717, 1.165) is 0 Å². The van der Waals surface area contributed by atoms with Crippen LogP contribution in [0, 0.1) is 4.78 Å². The predicted octanol–water partition coefficient (Wildman–Crippen LogP) is -0.0437. The van der Waals surface area contributed by atoms with Crippen molar-refractivity contribution in [2.24, 2.45) is 5.73 Å². The van der Waals surface area contributed by atoms with Gasteiger partial charge in [0, 0.05) is 46.2 Å². The molecular formula is C11H18N4O3S. The topological polar surface area (TPSA) is 119 Å². The van der Waals surface area contributed by atoms with E-state index in [2.05, 4.69) is 14.7 Å². The molecule has 0 bridgehead atoms. The minimum absolute atomic E-state index is 0.0729. The molecule has 0 saturated carbocycles. The Morgan fingerprint density at radius 2 is 2.26 bits per heavy atom. The maximum Gasteiger partial charge on any atom is 0.322 e. The molecule has 0 aromatic carbocycles. The number of hydrogen-bond acceptors (Lipinski definition) is 7. The number of carbonyl (C=O) groups excluding carboxylic acids is 1. The maximum absolute atomic E-state index is 12.0. The van der Waals surface area contributed by atoms with Crippen molar-refractivity contribution in [2.75, 3.05) is 18.6 Å². The van der Waals surface area contributed by atoms with Crippen molar-refractivity contribution < 1.29 is 13.7 Å². The fraction of sp³-hybridized carbons (Fsp3) is 0.545. The number of methoxy groups -OCH3 is 1. The molecule has 0 aliphatic heterocycles. The molecule has 0 aliphatic carbocycles. The SMILES string of the molecule is COC(=O)[C@@H](N)CCS(=N)(=O)CCc1cnccn1. The summed E-state index contributed by atoms with van der Waals surface area (Å²) >= 11 is 0. The molecule has 2 atom stereocenters. The van der Waals surface area contributed by atoms with Gasteiger partial charge in [-0.15, -0.1) is 0 Å². The molecule has 8 heteroatoms. The zero-order chi connectivity index (χ0) is 14.3. The van der Waals surface area contributed by atoms with E-state index in [1.165, 1.54) is 7.11 Å². The first kappa shape index (κ1) is 15.5. The highest BCUT2D eigenvalue weighted by Crippen LogP contribution is 2.03. The van der Waals surface area contributed by atoms with Gasteiger partial charge in [0.1, 0.15) is 6.04 Å². The van der Waals surface area contributed by atoms with E-state index in [1.807, 2.05) is 0 Å². The zero-order valence-electron chi connectivity index (χ0n) is 10.7. The van der Waals surface area contributed by atoms with E-state index in [1.54, 1.807) is 18.6 Å². The number of aryl methyl sites for hydroxylation is 1. The highest BCUT2D eigenvalue weighted by atomic mass is 32.2. The Labute approximate surface area is 112 Å². The van der Waals surface area contributed by atoms with E-state index in [-0.39, 0.29) is 17.9 Å². The minimum Gasteiger partial charge on any atom is -0.468 e. The molecule has 0 aliphatic rings. The first-order valence-corrected chi connectivity index (χ1v) is 7.66. The van der Waals surface area contributed by atoms with Gasteiger partial charge in [-0.2, -0.15) is 0 Å². The second kappa shape index (κ2) is 7.15. The summed E-state index contributed by atoms with van der Waals surface area (Å²) in [5.41, 5.74) is 6.23. The van der Waals surface area contributed by atoms with Crippen molar-refractivity contribution in [1.29, 1.82) is 4.78 Å². The van der Waals surface area contributed by atoms with Crippen LogP contribution < -0.4 is 5.73 Å². The van der Waals surface area contributed by atoms with Gasteiger partial charge in [0.05, 0.1) is 12.8 Å². The third kappa shape index (κ3) is 5.75. The van der Waals surface area contributed by atoms with Crippen LogP contribution in [0.1, 0.15) is 12.1 Å². The van der Waals surface area contributed by atoms with E-state index < -0.39 is 21.7 Å². The Balaban J connectivity index is 2.42. The van der Waals surface area contributed by atoms with Crippen molar-refractivity contribution in [3.05, 3.63) is 24.3 Å². The Kier molecular flexibility index (Phi) is 5.84. The van der Waals surface area contributed by atoms with Gasteiger partial charge in [0.15, 0.2) is 0 Å². The number of rotatable bonds is 7. The zero-order valence-corrected chi connectivity index (χ0v) is 11.6. The number of hydrogen-bond donors (Lipinski definition) is 2. The molecule has 0 spiro atoms. The number of nitrogens with zero attached hydrogens (tertiary/aromatic N) is 2. The lowest BCUT2D eigenvalue weighted by molar-refractivity contribution is -0.142. The van der Waals surface area contributed by atoms with Crippen LogP contribution in [0.4, 0.5) is 0 Å². The van der Waals surface area contributed by atoms with Crippen LogP contribution in [-0.4, -0.2) is 44.8 Å². The highest BCUT2D eigenvalue weighted by molar-refractivity contribution is 7.92. The Morgan fingerprint density at radius 1 is 1.53 bits per heavy atom. The average molecular weight is 286 g/mol. The summed E-state index contributed by atoms with van der Waals surface area (Å²) in [7, 11) is -1.53. The minimum atomic E-state index is -2.77. The number of nitrogens with two attached hydrogens (primary N) is 1. The molecule has 1 aromatic heterocycles. The maximum atomic E-state index is 12.0. The number of aromatic nitrogens is 2. The quantitative estimate of drug-likeness (QED) is 0.679. The monoisotopic (exact) mass is 286 g/mol. The molecule has 0 amide bonds. The normalized spacial score (nSPS) is 15.5. The summed E-state index contributed by atoms with van der Waals surface area (Å²) in [4.78, 5) is 19.0. The Bertz CT molecular complexity index is 504. The molecule has 3 N–H and O–H groups in total. The summed E-state index contributed by atoms with van der Waals surface area (Å²) in [6, 6.07) is -0.826. The Hall–Kier alpha value is -1.54. The fourth-order valence-corrected chi connectivity index (χ4v) is 2.79. The molecule has 0 fully saturated rings. The molecule has 7 nitrogen and oxygen atoms in total. The Morgan fingerprint density at radius 3 is 2.84 bits per heavy atom. The largest absolute Gasteiger partial charge is 0.468 e. The van der Waals surface area contributed by atoms with Crippen molar-refractivity contribution >= 4 is 15.7 Å². The molecule has 1 unspecified atom stereocenters. The lowest BCUT2D eigenvalue weighted by Gasteiger charge is -2.11. The van der Waals surface area contributed by atoms with Crippen molar-refractivity contribution in [3.8, 4) is 0 Å². The molecule has 106 valence electrons. The van der Waals surface area contributed by atoms with Crippen molar-refractivity contribution in [1.82, 2.24) is 9.97 Å². The molecule has 1 heterocycles. The number of nitrogens with one attached hydrogen (secondary N) is 1. The average Bonchev–Trinajstić information content (AvgIpc) is 2.43. The van der Waals surface area contributed by atoms with Gasteiger partial charge in [-0.05, 0) is 6.42 Å². The standard InChI is InChI=1S/C11H18N4O3S/c1-18-11(16)10(12)3-7-19(13,17)6-2-9-8-14-4-5-15-9/h4-5,8,10,13H,2-3,6-7,12H2,1H3/t10-,19?/m0/s1. The summed E-state index contributed by atoms with van der Waals surface area (Å²) in [5.74, 6) is -0.299. The smallest absolute Gasteiger partial charge is 0.322 e. The summed E-state index contributed by atoms with van der Waals surface area (Å²) in [6.45, 7) is 0. The van der Waals surface area contributed by atoms with Crippen LogP contribution in [0.5, 0.6) is 0 Å². The van der Waals surface area contributed by atoms with Crippen LogP contribution >= 0.6 is 0 Å². The third-order valence-corrected chi connectivity index (χ3v) is 4.33. The van der Waals surface area contributed by atoms with E-state index in [0.29, 0.717) is 12.1 Å². The number of ether oxygens (including phenoxy) is 1. The van der Waals surface area contributed by atoms with Crippen LogP contribution in [0.25, 0.3) is 0 Å². The molecule has 0 saturated heterocycles. The van der Waals surface area contributed by atoms with Gasteiger partial charge in [0.25, 0.3) is 0 Å². The lowest BCUT2D eigenvalue weighted by Crippen LogP contribution is -2.33. The molecule has 19 heavy (non-hydrogen) atoms. The van der Waals surface area contributed by atoms with Crippen LogP contribution in [-0.2, 0) is 25.7 Å². The first-order valence-electron chi connectivity index (χ1n) is 5.77. The van der Waals surface area contributed by atoms with E-state index in [9.17, 15) is 9.00 Å². The second-order valence-corrected chi connectivity index (χ2v) is 6.53. The van der Waals surface area contributed by atoms with Gasteiger partial charge >= 0.3 is 5.97 Å². The first-order chi connectivity index (χ1) is 8.94. The summed E-state index contributed by atoms with van der Waals surface area (Å²) in [6.07, 6.45) is 5.28. The highest BCUT2D eigenvalue weighted by Gasteiger charge is 2.17. The van der Waals surface area contributed by atoms with Gasteiger partial charge < -0.3 is 10.5 Å². The van der Waals surface area contributed by atoms with Gasteiger partial charge in [-0.3, -0.25) is 19.5 Å². The molecular weight excluding hydrogens is 268 g/mol. The van der Waals surface area contributed by atoms with E-state index >= 15 is 0 Å². The van der Waals surface area contributed by atoms with E-state index in [4.69, 9.17) is 10.5 Å². The second-order valence-electron chi connectivity index (χ2n) is 4.09. The third-order valence-electron chi connectivity index (χ3n) is 2.57. The fourth-order valence-electron chi connectivity index (χ4n) is 1.42.